The zero-order chi connectivity index (χ0) is 13.9. The molecular formula is C11H21NO4S. The van der Waals surface area contributed by atoms with E-state index in [1.54, 1.807) is 34.6 Å². The molecule has 5 nitrogen and oxygen atoms in total. The van der Waals surface area contributed by atoms with Gasteiger partial charge in [0.05, 0.1) is 7.11 Å². The number of alkyl carbamates (subject to hydrolysis) is 1. The number of hydrogen-bond acceptors (Lipinski definition) is 5. The third kappa shape index (κ3) is 6.41. The fraction of sp³-hybridized carbons (Fsp3) is 0.818. The Morgan fingerprint density at radius 2 is 1.65 bits per heavy atom. The average molecular weight is 263 g/mol. The number of thiol groups is 1. The van der Waals surface area contributed by atoms with Crippen LogP contribution in [0.1, 0.15) is 34.6 Å². The van der Waals surface area contributed by atoms with Crippen molar-refractivity contribution in [2.24, 2.45) is 0 Å². The van der Waals surface area contributed by atoms with Gasteiger partial charge in [-0.25, -0.2) is 9.59 Å². The Bertz CT molecular complexity index is 291. The lowest BCUT2D eigenvalue weighted by atomic mass is 10.0. The molecule has 0 bridgehead atoms. The highest BCUT2D eigenvalue weighted by atomic mass is 32.1. The number of rotatable bonds is 3. The number of methoxy groups -OCH3 is 1. The molecule has 0 fully saturated rings. The van der Waals surface area contributed by atoms with Crippen LogP contribution in [0.3, 0.4) is 0 Å². The molecule has 0 aliphatic carbocycles. The van der Waals surface area contributed by atoms with E-state index in [9.17, 15) is 9.59 Å². The number of esters is 1. The lowest BCUT2D eigenvalue weighted by Gasteiger charge is -2.29. The molecule has 0 aromatic heterocycles. The van der Waals surface area contributed by atoms with Gasteiger partial charge in [0.15, 0.2) is 0 Å². The largest absolute Gasteiger partial charge is 0.467 e. The molecule has 1 atom stereocenters. The first-order valence-corrected chi connectivity index (χ1v) is 5.72. The van der Waals surface area contributed by atoms with Gasteiger partial charge in [-0.2, -0.15) is 12.6 Å². The monoisotopic (exact) mass is 263 g/mol. The predicted octanol–water partition coefficient (Wildman–Crippen LogP) is 1.76. The van der Waals surface area contributed by atoms with Crippen LogP contribution in [0, 0.1) is 0 Å². The number of hydrogen-bond donors (Lipinski definition) is 2. The van der Waals surface area contributed by atoms with E-state index in [-0.39, 0.29) is 0 Å². The first-order valence-electron chi connectivity index (χ1n) is 5.27. The fourth-order valence-corrected chi connectivity index (χ4v) is 1.24. The summed E-state index contributed by atoms with van der Waals surface area (Å²) in [5.41, 5.74) is -0.620. The summed E-state index contributed by atoms with van der Waals surface area (Å²) >= 11 is 4.26. The van der Waals surface area contributed by atoms with Crippen molar-refractivity contribution >= 4 is 24.7 Å². The first-order chi connectivity index (χ1) is 7.47. The number of ether oxygens (including phenoxy) is 2. The second-order valence-electron chi connectivity index (χ2n) is 5.26. The van der Waals surface area contributed by atoms with Gasteiger partial charge in [-0.3, -0.25) is 0 Å². The van der Waals surface area contributed by atoms with Gasteiger partial charge >= 0.3 is 12.1 Å². The van der Waals surface area contributed by atoms with E-state index in [1.807, 2.05) is 0 Å². The Hall–Kier alpha value is -0.910. The second-order valence-corrected chi connectivity index (χ2v) is 6.41. The molecule has 0 radical (unpaired) electrons. The van der Waals surface area contributed by atoms with Gasteiger partial charge < -0.3 is 14.8 Å². The Morgan fingerprint density at radius 3 is 1.94 bits per heavy atom. The number of carbonyl (C=O) groups is 2. The fourth-order valence-electron chi connectivity index (χ4n) is 1.07. The Morgan fingerprint density at radius 1 is 1.18 bits per heavy atom. The SMILES string of the molecule is COC(=O)[C@@H](NC(=O)OC(C)(C)C)C(C)(C)S. The molecule has 1 N–H and O–H groups in total. The van der Waals surface area contributed by atoms with Crippen LogP contribution in [0.25, 0.3) is 0 Å². The number of nitrogens with one attached hydrogen (secondary N) is 1. The summed E-state index contributed by atoms with van der Waals surface area (Å²) in [7, 11) is 1.26. The molecular weight excluding hydrogens is 242 g/mol. The Kier molecular flexibility index (Phi) is 5.32. The molecule has 0 saturated carbocycles. The van der Waals surface area contributed by atoms with Crippen LogP contribution in [-0.4, -0.2) is 35.6 Å². The molecule has 0 unspecified atom stereocenters. The van der Waals surface area contributed by atoms with Crippen molar-refractivity contribution in [3.63, 3.8) is 0 Å². The minimum atomic E-state index is -0.870. The van der Waals surface area contributed by atoms with E-state index in [4.69, 9.17) is 4.74 Å². The van der Waals surface area contributed by atoms with Gasteiger partial charge in [-0.1, -0.05) is 0 Å². The van der Waals surface area contributed by atoms with Crippen LogP contribution in [0.15, 0.2) is 0 Å². The molecule has 6 heteroatoms. The van der Waals surface area contributed by atoms with Crippen molar-refractivity contribution < 1.29 is 19.1 Å². The molecule has 0 heterocycles. The van der Waals surface area contributed by atoms with Crippen molar-refractivity contribution in [3.05, 3.63) is 0 Å². The van der Waals surface area contributed by atoms with Crippen LogP contribution < -0.4 is 5.32 Å². The molecule has 0 saturated heterocycles. The van der Waals surface area contributed by atoms with Crippen molar-refractivity contribution in [1.29, 1.82) is 0 Å². The number of carbonyl (C=O) groups excluding carboxylic acids is 2. The maximum absolute atomic E-state index is 11.6. The van der Waals surface area contributed by atoms with Gasteiger partial charge in [0.2, 0.25) is 0 Å². The molecule has 0 aromatic rings. The van der Waals surface area contributed by atoms with Crippen LogP contribution in [0.5, 0.6) is 0 Å². The van der Waals surface area contributed by atoms with E-state index in [2.05, 4.69) is 22.7 Å². The van der Waals surface area contributed by atoms with E-state index in [1.165, 1.54) is 7.11 Å². The third-order valence-corrected chi connectivity index (χ3v) is 2.06. The molecule has 17 heavy (non-hydrogen) atoms. The number of amides is 1. The minimum Gasteiger partial charge on any atom is -0.467 e. The molecule has 100 valence electrons. The average Bonchev–Trinajstić information content (AvgIpc) is 2.08. The topological polar surface area (TPSA) is 64.6 Å². The molecule has 0 aliphatic rings. The van der Waals surface area contributed by atoms with Crippen molar-refractivity contribution in [1.82, 2.24) is 5.32 Å². The summed E-state index contributed by atoms with van der Waals surface area (Å²) in [6.45, 7) is 8.63. The minimum absolute atomic E-state index is 0.559. The molecule has 1 amide bonds. The maximum Gasteiger partial charge on any atom is 0.408 e. The van der Waals surface area contributed by atoms with Crippen LogP contribution in [0.2, 0.25) is 0 Å². The molecule has 0 aliphatic heterocycles. The van der Waals surface area contributed by atoms with Gasteiger partial charge in [0.25, 0.3) is 0 Å². The quantitative estimate of drug-likeness (QED) is 0.601. The smallest absolute Gasteiger partial charge is 0.408 e. The summed E-state index contributed by atoms with van der Waals surface area (Å²) in [4.78, 5) is 23.1. The highest BCUT2D eigenvalue weighted by Crippen LogP contribution is 2.19. The molecule has 0 aromatic carbocycles. The molecule has 0 rings (SSSR count). The van der Waals surface area contributed by atoms with E-state index in [0.717, 1.165) is 0 Å². The van der Waals surface area contributed by atoms with Crippen molar-refractivity contribution in [2.75, 3.05) is 7.11 Å². The van der Waals surface area contributed by atoms with E-state index < -0.39 is 28.5 Å². The third-order valence-electron chi connectivity index (χ3n) is 1.80. The lowest BCUT2D eigenvalue weighted by molar-refractivity contribution is -0.143. The van der Waals surface area contributed by atoms with E-state index in [0.29, 0.717) is 0 Å². The normalized spacial score (nSPS) is 13.8. The molecule has 0 spiro atoms. The summed E-state index contributed by atoms with van der Waals surface area (Å²) in [6, 6.07) is -0.870. The Balaban J connectivity index is 4.67. The van der Waals surface area contributed by atoms with Gasteiger partial charge in [-0.05, 0) is 34.6 Å². The first kappa shape index (κ1) is 16.1. The highest BCUT2D eigenvalue weighted by molar-refractivity contribution is 7.81. The Labute approximate surface area is 108 Å². The zero-order valence-electron chi connectivity index (χ0n) is 11.2. The zero-order valence-corrected chi connectivity index (χ0v) is 12.1. The van der Waals surface area contributed by atoms with Gasteiger partial charge in [0, 0.05) is 4.75 Å². The summed E-state index contributed by atoms with van der Waals surface area (Å²) in [6.07, 6.45) is -0.671. The van der Waals surface area contributed by atoms with Crippen LogP contribution in [-0.2, 0) is 14.3 Å². The second kappa shape index (κ2) is 5.62. The predicted molar refractivity (Wildman–Crippen MR) is 68.2 cm³/mol. The summed E-state index contributed by atoms with van der Waals surface area (Å²) in [5.74, 6) is -0.559. The van der Waals surface area contributed by atoms with Crippen molar-refractivity contribution in [3.8, 4) is 0 Å². The standard InChI is InChI=1S/C11H21NO4S/c1-10(2,3)16-9(14)12-7(8(13)15-6)11(4,5)17/h7,17H,1-6H3,(H,12,14)/t7-/m1/s1. The van der Waals surface area contributed by atoms with E-state index >= 15 is 0 Å². The van der Waals surface area contributed by atoms with Gasteiger partial charge in [0.1, 0.15) is 11.6 Å². The maximum atomic E-state index is 11.6. The van der Waals surface area contributed by atoms with Crippen LogP contribution in [0.4, 0.5) is 4.79 Å². The summed E-state index contributed by atoms with van der Waals surface area (Å²) in [5, 5.41) is 2.45. The van der Waals surface area contributed by atoms with Gasteiger partial charge in [-0.15, -0.1) is 0 Å². The highest BCUT2D eigenvalue weighted by Gasteiger charge is 2.35. The lowest BCUT2D eigenvalue weighted by Crippen LogP contribution is -2.53. The summed E-state index contributed by atoms with van der Waals surface area (Å²) < 4.78 is 8.93. The van der Waals surface area contributed by atoms with Crippen LogP contribution >= 0.6 is 12.6 Å². The van der Waals surface area contributed by atoms with Crippen molar-refractivity contribution in [2.45, 2.75) is 51.0 Å².